The second-order valence-electron chi connectivity index (χ2n) is 7.01. The molecule has 0 aliphatic rings. The van der Waals surface area contributed by atoms with Gasteiger partial charge in [0.2, 0.25) is 0 Å². The number of rotatable bonds is 4. The van der Waals surface area contributed by atoms with E-state index < -0.39 is 23.7 Å². The molecule has 0 saturated heterocycles. The predicted octanol–water partition coefficient (Wildman–Crippen LogP) is 4.99. The highest BCUT2D eigenvalue weighted by atomic mass is 35.5. The monoisotopic (exact) mass is 490 g/mol. The fraction of sp³-hybridized carbons (Fsp3) is 0.0476. The molecule has 0 unspecified atom stereocenters. The number of nitrogen functional groups attached to an aromatic ring is 1. The number of anilines is 3. The molecular weight excluding hydrogens is 477 g/mol. The third kappa shape index (κ3) is 4.43. The molecule has 0 aliphatic heterocycles. The van der Waals surface area contributed by atoms with Crippen molar-refractivity contribution in [2.75, 3.05) is 16.4 Å². The molecule has 4 rings (SSSR count). The third-order valence-electron chi connectivity index (χ3n) is 4.81. The minimum absolute atomic E-state index is 0.0511. The zero-order chi connectivity index (χ0) is 24.6. The Labute approximate surface area is 194 Å². The summed E-state index contributed by atoms with van der Waals surface area (Å²) in [6.45, 7) is 0. The van der Waals surface area contributed by atoms with Crippen molar-refractivity contribution in [3.05, 3.63) is 71.1 Å². The standard InChI is InChI=1S/C21H14ClF3N6O3/c22-14-6-3-11(21(23,24)25)7-15(14)30-20(34)29-12-4-1-10(2-5-12)16-13(19(32)33)8-31-17(16)18(26)27-9-28-31/h1-9H,(H,32,33)(H2,26,27,28)(H2,29,30,34). The number of fused-ring (bicyclic) bond motifs is 1. The lowest BCUT2D eigenvalue weighted by atomic mass is 10.0. The molecule has 9 nitrogen and oxygen atoms in total. The number of urea groups is 1. The van der Waals surface area contributed by atoms with Gasteiger partial charge in [-0.05, 0) is 35.9 Å². The molecule has 13 heteroatoms. The van der Waals surface area contributed by atoms with Gasteiger partial charge in [-0.3, -0.25) is 0 Å². The van der Waals surface area contributed by atoms with Gasteiger partial charge in [0, 0.05) is 17.4 Å². The Balaban J connectivity index is 1.58. The van der Waals surface area contributed by atoms with E-state index in [1.807, 2.05) is 0 Å². The first-order valence-electron chi connectivity index (χ1n) is 9.45. The highest BCUT2D eigenvalue weighted by molar-refractivity contribution is 6.33. The fourth-order valence-electron chi connectivity index (χ4n) is 3.29. The van der Waals surface area contributed by atoms with Crippen molar-refractivity contribution in [3.63, 3.8) is 0 Å². The van der Waals surface area contributed by atoms with Crippen LogP contribution in [0.3, 0.4) is 0 Å². The molecule has 0 atom stereocenters. The van der Waals surface area contributed by atoms with Crippen molar-refractivity contribution in [1.29, 1.82) is 0 Å². The first-order valence-corrected chi connectivity index (χ1v) is 9.82. The van der Waals surface area contributed by atoms with E-state index in [1.165, 1.54) is 29.2 Å². The summed E-state index contributed by atoms with van der Waals surface area (Å²) in [5.41, 5.74) is 6.03. The number of halogens is 4. The minimum Gasteiger partial charge on any atom is -0.478 e. The van der Waals surface area contributed by atoms with Crippen LogP contribution in [0.4, 0.5) is 35.2 Å². The number of alkyl halides is 3. The van der Waals surface area contributed by atoms with E-state index in [2.05, 4.69) is 20.7 Å². The molecule has 0 saturated carbocycles. The molecule has 0 bridgehead atoms. The van der Waals surface area contributed by atoms with Crippen molar-refractivity contribution in [2.45, 2.75) is 6.18 Å². The Kier molecular flexibility index (Phi) is 5.75. The number of carbonyl (C=O) groups excluding carboxylic acids is 1. The quantitative estimate of drug-likeness (QED) is 0.318. The number of aromatic carboxylic acids is 1. The van der Waals surface area contributed by atoms with Gasteiger partial charge in [-0.15, -0.1) is 0 Å². The second kappa shape index (κ2) is 8.56. The van der Waals surface area contributed by atoms with Gasteiger partial charge in [0.15, 0.2) is 5.82 Å². The molecule has 2 aromatic heterocycles. The van der Waals surface area contributed by atoms with E-state index in [4.69, 9.17) is 17.3 Å². The number of hydrogen-bond donors (Lipinski definition) is 4. The number of nitrogens with zero attached hydrogens (tertiary/aromatic N) is 3. The maximum Gasteiger partial charge on any atom is 0.416 e. The average Bonchev–Trinajstić information content (AvgIpc) is 3.16. The van der Waals surface area contributed by atoms with Crippen LogP contribution < -0.4 is 16.4 Å². The second-order valence-corrected chi connectivity index (χ2v) is 7.42. The van der Waals surface area contributed by atoms with Crippen molar-refractivity contribution in [3.8, 4) is 11.1 Å². The highest BCUT2D eigenvalue weighted by Gasteiger charge is 2.31. The predicted molar refractivity (Wildman–Crippen MR) is 119 cm³/mol. The summed E-state index contributed by atoms with van der Waals surface area (Å²) in [5, 5.41) is 18.2. The van der Waals surface area contributed by atoms with Crippen LogP contribution in [0.25, 0.3) is 16.6 Å². The Hall–Kier alpha value is -4.32. The molecule has 2 amide bonds. The van der Waals surface area contributed by atoms with E-state index in [-0.39, 0.29) is 33.3 Å². The lowest BCUT2D eigenvalue weighted by Crippen LogP contribution is -2.20. The normalized spacial score (nSPS) is 11.4. The van der Waals surface area contributed by atoms with E-state index in [9.17, 15) is 27.9 Å². The molecule has 0 radical (unpaired) electrons. The van der Waals surface area contributed by atoms with Gasteiger partial charge < -0.3 is 21.5 Å². The largest absolute Gasteiger partial charge is 0.478 e. The number of nitrogens with one attached hydrogen (secondary N) is 2. The molecular formula is C21H14ClF3N6O3. The topological polar surface area (TPSA) is 135 Å². The molecule has 2 aromatic carbocycles. The Morgan fingerprint density at radius 2 is 1.79 bits per heavy atom. The molecule has 0 spiro atoms. The number of nitrogens with two attached hydrogens (primary N) is 1. The summed E-state index contributed by atoms with van der Waals surface area (Å²) in [5.74, 6) is -1.11. The molecule has 2 heterocycles. The van der Waals surface area contributed by atoms with E-state index in [0.717, 1.165) is 18.2 Å². The molecule has 4 aromatic rings. The lowest BCUT2D eigenvalue weighted by molar-refractivity contribution is -0.137. The maximum absolute atomic E-state index is 12.9. The van der Waals surface area contributed by atoms with Crippen LogP contribution in [0.2, 0.25) is 5.02 Å². The number of carboxylic acids is 1. The van der Waals surface area contributed by atoms with Crippen LogP contribution in [-0.4, -0.2) is 31.7 Å². The summed E-state index contributed by atoms with van der Waals surface area (Å²) >= 11 is 5.89. The first-order chi connectivity index (χ1) is 16.0. The number of hydrogen-bond acceptors (Lipinski definition) is 5. The minimum atomic E-state index is -4.60. The van der Waals surface area contributed by atoms with Crippen LogP contribution in [0, 0.1) is 0 Å². The number of benzene rings is 2. The van der Waals surface area contributed by atoms with Crippen LogP contribution in [0.5, 0.6) is 0 Å². The van der Waals surface area contributed by atoms with Gasteiger partial charge in [0.25, 0.3) is 0 Å². The summed E-state index contributed by atoms with van der Waals surface area (Å²) in [6.07, 6.45) is -2.09. The van der Waals surface area contributed by atoms with Gasteiger partial charge in [-0.1, -0.05) is 23.7 Å². The van der Waals surface area contributed by atoms with Crippen LogP contribution >= 0.6 is 11.6 Å². The summed E-state index contributed by atoms with van der Waals surface area (Å²) < 4.78 is 40.0. The molecule has 0 aliphatic carbocycles. The molecule has 174 valence electrons. The van der Waals surface area contributed by atoms with E-state index in [0.29, 0.717) is 11.1 Å². The number of aromatic nitrogens is 3. The summed E-state index contributed by atoms with van der Waals surface area (Å²) in [7, 11) is 0. The van der Waals surface area contributed by atoms with Crippen LogP contribution in [0.15, 0.2) is 55.0 Å². The molecule has 5 N–H and O–H groups in total. The van der Waals surface area contributed by atoms with Gasteiger partial charge in [-0.2, -0.15) is 18.3 Å². The van der Waals surface area contributed by atoms with Crippen molar-refractivity contribution >= 4 is 46.3 Å². The highest BCUT2D eigenvalue weighted by Crippen LogP contribution is 2.35. The third-order valence-corrected chi connectivity index (χ3v) is 5.14. The molecule has 34 heavy (non-hydrogen) atoms. The van der Waals surface area contributed by atoms with Crippen molar-refractivity contribution < 1.29 is 27.9 Å². The van der Waals surface area contributed by atoms with Gasteiger partial charge >= 0.3 is 18.2 Å². The van der Waals surface area contributed by atoms with Crippen LogP contribution in [0.1, 0.15) is 15.9 Å². The van der Waals surface area contributed by atoms with Gasteiger partial charge in [0.05, 0.1) is 21.8 Å². The SMILES string of the molecule is Nc1ncnn2cc(C(=O)O)c(-c3ccc(NC(=O)Nc4cc(C(F)(F)F)ccc4Cl)cc3)c12. The average molecular weight is 491 g/mol. The van der Waals surface area contributed by atoms with Gasteiger partial charge in [0.1, 0.15) is 11.8 Å². The summed E-state index contributed by atoms with van der Waals surface area (Å²) in [6, 6.07) is 7.79. The lowest BCUT2D eigenvalue weighted by Gasteiger charge is -2.12. The molecule has 0 fully saturated rings. The Morgan fingerprint density at radius 3 is 2.44 bits per heavy atom. The van der Waals surface area contributed by atoms with Crippen molar-refractivity contribution in [2.24, 2.45) is 0 Å². The van der Waals surface area contributed by atoms with E-state index in [1.54, 1.807) is 12.1 Å². The number of carboxylic acid groups (broad SMARTS) is 1. The maximum atomic E-state index is 12.9. The first kappa shape index (κ1) is 22.9. The zero-order valence-electron chi connectivity index (χ0n) is 16.9. The smallest absolute Gasteiger partial charge is 0.416 e. The number of carbonyl (C=O) groups is 2. The van der Waals surface area contributed by atoms with Gasteiger partial charge in [-0.25, -0.2) is 19.1 Å². The van der Waals surface area contributed by atoms with Crippen LogP contribution in [-0.2, 0) is 6.18 Å². The van der Waals surface area contributed by atoms with Crippen molar-refractivity contribution in [1.82, 2.24) is 14.6 Å². The number of amides is 2. The van der Waals surface area contributed by atoms with E-state index >= 15 is 0 Å². The summed E-state index contributed by atoms with van der Waals surface area (Å²) in [4.78, 5) is 27.9. The fourth-order valence-corrected chi connectivity index (χ4v) is 3.46. The Bertz CT molecular complexity index is 1420. The zero-order valence-corrected chi connectivity index (χ0v) is 17.6. The Morgan fingerprint density at radius 1 is 1.09 bits per heavy atom.